The molecule has 7 rings (SSSR count). The molecule has 0 unspecified atom stereocenters. The van der Waals surface area contributed by atoms with Crippen molar-refractivity contribution in [3.05, 3.63) is 99.7 Å². The quantitative estimate of drug-likeness (QED) is 0.175. The number of hydrogen-bond donors (Lipinski definition) is 1. The minimum absolute atomic E-state index is 0.0565. The second-order valence-corrected chi connectivity index (χ2v) is 12.4. The molecule has 192 valence electrons. The lowest BCUT2D eigenvalue weighted by Gasteiger charge is -2.12. The number of hydrogen-bond acceptors (Lipinski definition) is 7. The molecule has 0 aliphatic heterocycles. The van der Waals surface area contributed by atoms with Crippen molar-refractivity contribution in [2.75, 3.05) is 11.1 Å². The summed E-state index contributed by atoms with van der Waals surface area (Å²) in [6.45, 7) is 0. The summed E-state index contributed by atoms with van der Waals surface area (Å²) in [4.78, 5) is 38.3. The third-order valence-corrected chi connectivity index (χ3v) is 9.97. The SMILES string of the molecule is O=C(CSc1nc2sc3c(c2c(=O)n1-c1ccccc1)CCC3)Nc1ccc(-c2nc3ccccc3s2)cc1. The number of aromatic nitrogens is 3. The fourth-order valence-electron chi connectivity index (χ4n) is 4.95. The monoisotopic (exact) mass is 566 g/mol. The first kappa shape index (κ1) is 24.3. The molecule has 0 atom stereocenters. The largest absolute Gasteiger partial charge is 0.325 e. The van der Waals surface area contributed by atoms with Gasteiger partial charge in [0.15, 0.2) is 5.16 Å². The van der Waals surface area contributed by atoms with E-state index in [1.54, 1.807) is 27.2 Å². The molecule has 1 amide bonds. The molecule has 6 aromatic rings. The van der Waals surface area contributed by atoms with Crippen LogP contribution in [0.4, 0.5) is 5.69 Å². The van der Waals surface area contributed by atoms with Crippen LogP contribution in [-0.4, -0.2) is 26.2 Å². The highest BCUT2D eigenvalue weighted by molar-refractivity contribution is 7.99. The number of aryl methyl sites for hydroxylation is 2. The Morgan fingerprint density at radius 1 is 0.923 bits per heavy atom. The van der Waals surface area contributed by atoms with Gasteiger partial charge in [-0.2, -0.15) is 0 Å². The van der Waals surface area contributed by atoms with Crippen molar-refractivity contribution in [2.24, 2.45) is 0 Å². The van der Waals surface area contributed by atoms with E-state index >= 15 is 0 Å². The van der Waals surface area contributed by atoms with E-state index in [9.17, 15) is 9.59 Å². The first-order valence-corrected chi connectivity index (χ1v) is 15.3. The number of thiazole rings is 1. The molecule has 3 aromatic heterocycles. The number of fused-ring (bicyclic) bond motifs is 4. The van der Waals surface area contributed by atoms with Gasteiger partial charge in [0.25, 0.3) is 5.56 Å². The molecule has 0 fully saturated rings. The highest BCUT2D eigenvalue weighted by atomic mass is 32.2. The topological polar surface area (TPSA) is 76.9 Å². The maximum atomic E-state index is 13.7. The zero-order valence-corrected chi connectivity index (χ0v) is 23.2. The number of carbonyl (C=O) groups is 1. The summed E-state index contributed by atoms with van der Waals surface area (Å²) in [5.74, 6) is -0.0227. The molecule has 0 radical (unpaired) electrons. The molecule has 0 spiro atoms. The molecule has 0 saturated carbocycles. The second-order valence-electron chi connectivity index (χ2n) is 9.31. The fraction of sp³-hybridized carbons (Fsp3) is 0.133. The van der Waals surface area contributed by atoms with E-state index in [0.717, 1.165) is 61.5 Å². The van der Waals surface area contributed by atoms with Gasteiger partial charge in [-0.3, -0.25) is 14.2 Å². The predicted octanol–water partition coefficient (Wildman–Crippen LogP) is 6.94. The van der Waals surface area contributed by atoms with Gasteiger partial charge in [-0.1, -0.05) is 42.1 Å². The Bertz CT molecular complexity index is 1870. The minimum atomic E-state index is -0.157. The summed E-state index contributed by atoms with van der Waals surface area (Å²) in [7, 11) is 0. The summed E-state index contributed by atoms with van der Waals surface area (Å²) in [6.07, 6.45) is 3.01. The lowest BCUT2D eigenvalue weighted by Crippen LogP contribution is -2.23. The molecule has 0 bridgehead atoms. The summed E-state index contributed by atoms with van der Waals surface area (Å²) >= 11 is 4.54. The van der Waals surface area contributed by atoms with Crippen LogP contribution in [0.5, 0.6) is 0 Å². The fourth-order valence-corrected chi connectivity index (χ4v) is 8.03. The first-order valence-electron chi connectivity index (χ1n) is 12.7. The van der Waals surface area contributed by atoms with Crippen LogP contribution >= 0.6 is 34.4 Å². The predicted molar refractivity (Wildman–Crippen MR) is 162 cm³/mol. The molecule has 1 aliphatic rings. The van der Waals surface area contributed by atoms with Gasteiger partial charge in [0.1, 0.15) is 9.84 Å². The van der Waals surface area contributed by atoms with Crippen molar-refractivity contribution in [1.82, 2.24) is 14.5 Å². The minimum Gasteiger partial charge on any atom is -0.325 e. The number of nitrogens with zero attached hydrogens (tertiary/aromatic N) is 3. The van der Waals surface area contributed by atoms with Crippen LogP contribution in [-0.2, 0) is 17.6 Å². The summed E-state index contributed by atoms with van der Waals surface area (Å²) in [5.41, 5.74) is 4.56. The Kier molecular flexibility index (Phi) is 6.27. The lowest BCUT2D eigenvalue weighted by atomic mass is 10.2. The van der Waals surface area contributed by atoms with Gasteiger partial charge in [0.05, 0.1) is 27.0 Å². The van der Waals surface area contributed by atoms with Crippen LogP contribution in [0.25, 0.3) is 36.7 Å². The molecular weight excluding hydrogens is 545 g/mol. The van der Waals surface area contributed by atoms with Gasteiger partial charge < -0.3 is 5.32 Å². The Labute approximate surface area is 236 Å². The molecule has 39 heavy (non-hydrogen) atoms. The van der Waals surface area contributed by atoms with E-state index in [-0.39, 0.29) is 17.2 Å². The van der Waals surface area contributed by atoms with Gasteiger partial charge >= 0.3 is 0 Å². The summed E-state index contributed by atoms with van der Waals surface area (Å²) in [6, 6.07) is 25.3. The highest BCUT2D eigenvalue weighted by Crippen LogP contribution is 2.36. The first-order chi connectivity index (χ1) is 19.1. The van der Waals surface area contributed by atoms with Crippen LogP contribution in [0.15, 0.2) is 88.8 Å². The highest BCUT2D eigenvalue weighted by Gasteiger charge is 2.24. The van der Waals surface area contributed by atoms with E-state index in [0.29, 0.717) is 10.8 Å². The Balaban J connectivity index is 1.11. The van der Waals surface area contributed by atoms with Crippen LogP contribution in [0.3, 0.4) is 0 Å². The molecule has 0 saturated heterocycles. The number of anilines is 1. The number of carbonyl (C=O) groups excluding carboxylic acids is 1. The van der Waals surface area contributed by atoms with Crippen molar-refractivity contribution in [3.63, 3.8) is 0 Å². The number of thioether (sulfide) groups is 1. The molecule has 1 aliphatic carbocycles. The third-order valence-electron chi connectivity index (χ3n) is 6.76. The van der Waals surface area contributed by atoms with Crippen molar-refractivity contribution < 1.29 is 4.79 Å². The van der Waals surface area contributed by atoms with E-state index in [2.05, 4.69) is 11.4 Å². The van der Waals surface area contributed by atoms with Gasteiger partial charge in [0.2, 0.25) is 5.91 Å². The normalized spacial score (nSPS) is 12.7. The Morgan fingerprint density at radius 2 is 1.72 bits per heavy atom. The van der Waals surface area contributed by atoms with Crippen molar-refractivity contribution in [1.29, 1.82) is 0 Å². The molecule has 6 nitrogen and oxygen atoms in total. The van der Waals surface area contributed by atoms with Crippen molar-refractivity contribution in [3.8, 4) is 16.3 Å². The smallest absolute Gasteiger partial charge is 0.267 e. The van der Waals surface area contributed by atoms with E-state index in [4.69, 9.17) is 9.97 Å². The standard InChI is InChI=1S/C30H22N4O2S3/c35-25(31-19-15-13-18(14-16-19)27-32-22-10-4-5-11-24(22)39-27)17-37-30-33-28-26(21-9-6-12-23(21)38-28)29(36)34(30)20-7-2-1-3-8-20/h1-5,7-8,10-11,13-16H,6,9,12,17H2,(H,31,35). The number of nitrogens with one attached hydrogen (secondary N) is 1. The number of para-hydroxylation sites is 2. The zero-order chi connectivity index (χ0) is 26.3. The molecule has 3 heterocycles. The number of rotatable bonds is 6. The molecule has 3 aromatic carbocycles. The lowest BCUT2D eigenvalue weighted by molar-refractivity contribution is -0.113. The average molecular weight is 567 g/mol. The van der Waals surface area contributed by atoms with Crippen molar-refractivity contribution >= 4 is 66.5 Å². The van der Waals surface area contributed by atoms with Gasteiger partial charge in [0, 0.05) is 16.1 Å². The van der Waals surface area contributed by atoms with Gasteiger partial charge in [-0.25, -0.2) is 9.97 Å². The van der Waals surface area contributed by atoms with Gasteiger partial charge in [-0.15, -0.1) is 22.7 Å². The Morgan fingerprint density at radius 3 is 2.54 bits per heavy atom. The van der Waals surface area contributed by atoms with E-state index in [1.165, 1.54) is 16.6 Å². The Hall–Kier alpha value is -3.79. The third kappa shape index (κ3) is 4.56. The summed E-state index contributed by atoms with van der Waals surface area (Å²) < 4.78 is 2.80. The van der Waals surface area contributed by atoms with Crippen LogP contribution in [0.2, 0.25) is 0 Å². The maximum Gasteiger partial charge on any atom is 0.267 e. The number of thiophene rings is 1. The zero-order valence-electron chi connectivity index (χ0n) is 20.7. The van der Waals surface area contributed by atoms with E-state index in [1.807, 2.05) is 72.8 Å². The average Bonchev–Trinajstić information content (AvgIpc) is 3.67. The van der Waals surface area contributed by atoms with Gasteiger partial charge in [-0.05, 0) is 73.4 Å². The second kappa shape index (κ2) is 10.1. The number of benzene rings is 3. The van der Waals surface area contributed by atoms with Crippen LogP contribution < -0.4 is 10.9 Å². The van der Waals surface area contributed by atoms with Crippen LogP contribution in [0, 0.1) is 0 Å². The molecule has 9 heteroatoms. The van der Waals surface area contributed by atoms with E-state index < -0.39 is 0 Å². The summed E-state index contributed by atoms with van der Waals surface area (Å²) in [5, 5.41) is 5.18. The molecular formula is C30H22N4O2S3. The van der Waals surface area contributed by atoms with Crippen molar-refractivity contribution in [2.45, 2.75) is 24.4 Å². The maximum absolute atomic E-state index is 13.7. The van der Waals surface area contributed by atoms with Crippen LogP contribution in [0.1, 0.15) is 16.9 Å². The molecule has 1 N–H and O–H groups in total. The number of amides is 1.